The molecule has 2 nitrogen and oxygen atoms in total. The summed E-state index contributed by atoms with van der Waals surface area (Å²) in [6.07, 6.45) is 2.40. The Hall–Kier alpha value is -0.510. The molecule has 3 heteroatoms. The third kappa shape index (κ3) is 4.34. The Morgan fingerprint density at radius 3 is 2.94 bits per heavy atom. The first kappa shape index (κ1) is 12.9. The highest BCUT2D eigenvalue weighted by molar-refractivity contribution is 7.99. The summed E-state index contributed by atoms with van der Waals surface area (Å²) in [7, 11) is 0. The van der Waals surface area contributed by atoms with E-state index in [1.165, 1.54) is 5.56 Å². The quantitative estimate of drug-likeness (QED) is 0.799. The fourth-order valence-electron chi connectivity index (χ4n) is 1.97. The van der Waals surface area contributed by atoms with Gasteiger partial charge in [-0.25, -0.2) is 0 Å². The lowest BCUT2D eigenvalue weighted by Crippen LogP contribution is -2.29. The van der Waals surface area contributed by atoms with Crippen LogP contribution in [0.3, 0.4) is 0 Å². The number of rotatable bonds is 5. The Labute approximate surface area is 108 Å². The molecule has 1 aliphatic heterocycles. The molecule has 2 atom stereocenters. The standard InChI is InChI=1S/C14H20O2S/c1-2-17-14-10-13(8-9-15-14)16-11-12-6-4-3-5-7-12/h3-7,13-14H,2,8-11H2,1H3. The van der Waals surface area contributed by atoms with E-state index in [0.29, 0.717) is 11.5 Å². The second-order valence-electron chi connectivity index (χ2n) is 4.20. The lowest BCUT2D eigenvalue weighted by atomic mass is 10.1. The van der Waals surface area contributed by atoms with Crippen molar-refractivity contribution >= 4 is 11.8 Å². The number of benzene rings is 1. The van der Waals surface area contributed by atoms with E-state index in [9.17, 15) is 0 Å². The SMILES string of the molecule is CCSC1CC(OCc2ccccc2)CCO1. The summed E-state index contributed by atoms with van der Waals surface area (Å²) in [6, 6.07) is 10.4. The number of thioether (sulfide) groups is 1. The van der Waals surface area contributed by atoms with Gasteiger partial charge in [-0.15, -0.1) is 11.8 Å². The molecule has 0 bridgehead atoms. The summed E-state index contributed by atoms with van der Waals surface area (Å²) in [5.74, 6) is 1.11. The van der Waals surface area contributed by atoms with E-state index < -0.39 is 0 Å². The molecule has 2 unspecified atom stereocenters. The van der Waals surface area contributed by atoms with E-state index in [4.69, 9.17) is 9.47 Å². The molecule has 0 amide bonds. The van der Waals surface area contributed by atoms with Crippen molar-refractivity contribution < 1.29 is 9.47 Å². The van der Waals surface area contributed by atoms with Crippen LogP contribution in [-0.2, 0) is 16.1 Å². The maximum Gasteiger partial charge on any atom is 0.105 e. The van der Waals surface area contributed by atoms with Crippen molar-refractivity contribution in [3.8, 4) is 0 Å². The first-order chi connectivity index (χ1) is 8.38. The van der Waals surface area contributed by atoms with Gasteiger partial charge < -0.3 is 9.47 Å². The van der Waals surface area contributed by atoms with Crippen LogP contribution < -0.4 is 0 Å². The molecular weight excluding hydrogens is 232 g/mol. The van der Waals surface area contributed by atoms with Gasteiger partial charge in [-0.2, -0.15) is 0 Å². The van der Waals surface area contributed by atoms with Crippen molar-refractivity contribution in [2.24, 2.45) is 0 Å². The topological polar surface area (TPSA) is 18.5 Å². The highest BCUT2D eigenvalue weighted by Gasteiger charge is 2.22. The minimum atomic E-state index is 0.328. The van der Waals surface area contributed by atoms with Crippen LogP contribution in [0.15, 0.2) is 30.3 Å². The number of hydrogen-bond donors (Lipinski definition) is 0. The molecule has 1 heterocycles. The molecule has 0 saturated carbocycles. The van der Waals surface area contributed by atoms with Crippen LogP contribution in [0.5, 0.6) is 0 Å². The Bertz CT molecular complexity index is 313. The van der Waals surface area contributed by atoms with E-state index in [0.717, 1.165) is 31.8 Å². The van der Waals surface area contributed by atoms with Gasteiger partial charge in [0.05, 0.1) is 19.3 Å². The number of ether oxygens (including phenoxy) is 2. The maximum absolute atomic E-state index is 5.95. The average Bonchev–Trinajstić information content (AvgIpc) is 2.39. The molecule has 0 aliphatic carbocycles. The van der Waals surface area contributed by atoms with Gasteiger partial charge in [-0.3, -0.25) is 0 Å². The van der Waals surface area contributed by atoms with Crippen molar-refractivity contribution in [3.63, 3.8) is 0 Å². The van der Waals surface area contributed by atoms with E-state index >= 15 is 0 Å². The zero-order chi connectivity index (χ0) is 11.9. The Morgan fingerprint density at radius 1 is 1.35 bits per heavy atom. The Morgan fingerprint density at radius 2 is 2.18 bits per heavy atom. The first-order valence-corrected chi connectivity index (χ1v) is 7.32. The molecule has 1 saturated heterocycles. The second kappa shape index (κ2) is 7.04. The van der Waals surface area contributed by atoms with Crippen LogP contribution in [0.2, 0.25) is 0 Å². The predicted octanol–water partition coefficient (Wildman–Crippen LogP) is 3.46. The van der Waals surface area contributed by atoms with Crippen molar-refractivity contribution in [1.29, 1.82) is 0 Å². The minimum Gasteiger partial charge on any atom is -0.373 e. The fourth-order valence-corrected chi connectivity index (χ4v) is 2.89. The van der Waals surface area contributed by atoms with Crippen LogP contribution in [0.25, 0.3) is 0 Å². The smallest absolute Gasteiger partial charge is 0.105 e. The van der Waals surface area contributed by atoms with Crippen molar-refractivity contribution in [3.05, 3.63) is 35.9 Å². The highest BCUT2D eigenvalue weighted by Crippen LogP contribution is 2.25. The lowest BCUT2D eigenvalue weighted by Gasteiger charge is -2.29. The van der Waals surface area contributed by atoms with Crippen molar-refractivity contribution in [2.75, 3.05) is 12.4 Å². The summed E-state index contributed by atoms with van der Waals surface area (Å²) in [6.45, 7) is 3.72. The van der Waals surface area contributed by atoms with E-state index in [2.05, 4.69) is 31.2 Å². The van der Waals surface area contributed by atoms with Crippen LogP contribution in [0.4, 0.5) is 0 Å². The lowest BCUT2D eigenvalue weighted by molar-refractivity contribution is -0.0497. The molecule has 0 N–H and O–H groups in total. The Balaban J connectivity index is 1.75. The normalized spacial score (nSPS) is 24.8. The van der Waals surface area contributed by atoms with Crippen LogP contribution >= 0.6 is 11.8 Å². The van der Waals surface area contributed by atoms with Gasteiger partial charge in [-0.05, 0) is 17.7 Å². The van der Waals surface area contributed by atoms with Gasteiger partial charge in [0, 0.05) is 6.42 Å². The summed E-state index contributed by atoms with van der Waals surface area (Å²) < 4.78 is 11.6. The van der Waals surface area contributed by atoms with Crippen LogP contribution in [-0.4, -0.2) is 23.9 Å². The summed E-state index contributed by atoms with van der Waals surface area (Å²) in [5.41, 5.74) is 1.58. The second-order valence-corrected chi connectivity index (χ2v) is 5.64. The molecule has 94 valence electrons. The summed E-state index contributed by atoms with van der Waals surface area (Å²) in [4.78, 5) is 0. The zero-order valence-corrected chi connectivity index (χ0v) is 11.1. The third-order valence-corrected chi connectivity index (χ3v) is 3.91. The molecule has 0 radical (unpaired) electrons. The van der Waals surface area contributed by atoms with E-state index in [1.54, 1.807) is 0 Å². The largest absolute Gasteiger partial charge is 0.373 e. The fraction of sp³-hybridized carbons (Fsp3) is 0.571. The Kier molecular flexibility index (Phi) is 5.36. The van der Waals surface area contributed by atoms with Gasteiger partial charge in [0.25, 0.3) is 0 Å². The zero-order valence-electron chi connectivity index (χ0n) is 10.3. The van der Waals surface area contributed by atoms with Gasteiger partial charge in [-0.1, -0.05) is 37.3 Å². The molecule has 1 aliphatic rings. The molecule has 1 fully saturated rings. The van der Waals surface area contributed by atoms with Gasteiger partial charge in [0.1, 0.15) is 5.44 Å². The molecule has 1 aromatic carbocycles. The van der Waals surface area contributed by atoms with Gasteiger partial charge >= 0.3 is 0 Å². The first-order valence-electron chi connectivity index (χ1n) is 6.27. The minimum absolute atomic E-state index is 0.328. The highest BCUT2D eigenvalue weighted by atomic mass is 32.2. The molecule has 0 spiro atoms. The molecule has 0 aromatic heterocycles. The average molecular weight is 252 g/mol. The van der Waals surface area contributed by atoms with Gasteiger partial charge in [0.15, 0.2) is 0 Å². The van der Waals surface area contributed by atoms with Crippen LogP contribution in [0, 0.1) is 0 Å². The maximum atomic E-state index is 5.95. The summed E-state index contributed by atoms with van der Waals surface area (Å²) >= 11 is 1.88. The van der Waals surface area contributed by atoms with E-state index in [1.807, 2.05) is 17.8 Å². The molecule has 1 aromatic rings. The van der Waals surface area contributed by atoms with Gasteiger partial charge in [0.2, 0.25) is 0 Å². The van der Waals surface area contributed by atoms with Crippen LogP contribution in [0.1, 0.15) is 25.3 Å². The number of hydrogen-bond acceptors (Lipinski definition) is 3. The van der Waals surface area contributed by atoms with Crippen molar-refractivity contribution in [2.45, 2.75) is 37.9 Å². The molecular formula is C14H20O2S. The molecule has 2 rings (SSSR count). The summed E-state index contributed by atoms with van der Waals surface area (Å²) in [5, 5.41) is 0. The monoisotopic (exact) mass is 252 g/mol. The van der Waals surface area contributed by atoms with E-state index in [-0.39, 0.29) is 0 Å². The predicted molar refractivity (Wildman–Crippen MR) is 72.1 cm³/mol. The third-order valence-electron chi connectivity index (χ3n) is 2.88. The van der Waals surface area contributed by atoms with Crippen molar-refractivity contribution in [1.82, 2.24) is 0 Å². The molecule has 17 heavy (non-hydrogen) atoms.